The van der Waals surface area contributed by atoms with Gasteiger partial charge >= 0.3 is 5.97 Å². The Labute approximate surface area is 112 Å². The molecule has 1 aromatic heterocycles. The fourth-order valence-electron chi connectivity index (χ4n) is 2.04. The molecular formula is C13H19N3O3. The lowest BCUT2D eigenvalue weighted by Gasteiger charge is -2.25. The molecule has 0 bridgehead atoms. The Morgan fingerprint density at radius 2 is 2.05 bits per heavy atom. The number of pyridine rings is 1. The highest BCUT2D eigenvalue weighted by Gasteiger charge is 2.18. The maximum absolute atomic E-state index is 11.6. The maximum atomic E-state index is 11.6. The molecule has 0 saturated carbocycles. The number of anilines is 1. The van der Waals surface area contributed by atoms with Crippen LogP contribution >= 0.6 is 0 Å². The van der Waals surface area contributed by atoms with Gasteiger partial charge in [-0.15, -0.1) is 0 Å². The van der Waals surface area contributed by atoms with Gasteiger partial charge in [-0.2, -0.15) is 0 Å². The van der Waals surface area contributed by atoms with E-state index < -0.39 is 11.9 Å². The van der Waals surface area contributed by atoms with Crippen LogP contribution in [0.4, 0.5) is 5.69 Å². The molecule has 0 atom stereocenters. The molecule has 0 aromatic carbocycles. The van der Waals surface area contributed by atoms with E-state index in [1.165, 1.54) is 0 Å². The summed E-state index contributed by atoms with van der Waals surface area (Å²) in [6, 6.07) is 1.76. The summed E-state index contributed by atoms with van der Waals surface area (Å²) >= 11 is 0. The van der Waals surface area contributed by atoms with Crippen molar-refractivity contribution in [2.24, 2.45) is 5.73 Å². The molecule has 3 N–H and O–H groups in total. The first kappa shape index (κ1) is 14.9. The smallest absolute Gasteiger partial charge is 0.305 e. The van der Waals surface area contributed by atoms with Crippen molar-refractivity contribution in [3.8, 4) is 0 Å². The molecule has 0 aliphatic heterocycles. The minimum atomic E-state index is -0.874. The predicted octanol–water partition coefficient (Wildman–Crippen LogP) is 1.10. The van der Waals surface area contributed by atoms with Crippen LogP contribution in [-0.2, 0) is 4.79 Å². The number of hydrogen-bond donors (Lipinski definition) is 2. The number of rotatable bonds is 6. The summed E-state index contributed by atoms with van der Waals surface area (Å²) in [4.78, 5) is 28.3. The number of carbonyl (C=O) groups is 2. The Balaban J connectivity index is 3.21. The van der Waals surface area contributed by atoms with Gasteiger partial charge < -0.3 is 15.7 Å². The molecule has 0 aliphatic rings. The molecule has 0 aliphatic carbocycles. The minimum Gasteiger partial charge on any atom is -0.481 e. The van der Waals surface area contributed by atoms with Crippen molar-refractivity contribution in [3.05, 3.63) is 23.0 Å². The van der Waals surface area contributed by atoms with Crippen LogP contribution in [0.1, 0.15) is 35.1 Å². The number of aryl methyl sites for hydroxylation is 2. The summed E-state index contributed by atoms with van der Waals surface area (Å²) in [6.45, 7) is 6.37. The van der Waals surface area contributed by atoms with Crippen molar-refractivity contribution < 1.29 is 14.7 Å². The third-order valence-electron chi connectivity index (χ3n) is 2.87. The predicted molar refractivity (Wildman–Crippen MR) is 72.4 cm³/mol. The number of carbonyl (C=O) groups excluding carboxylic acids is 1. The number of carboxylic acids is 1. The Kier molecular flexibility index (Phi) is 4.86. The average molecular weight is 265 g/mol. The molecular weight excluding hydrogens is 246 g/mol. The third kappa shape index (κ3) is 3.67. The summed E-state index contributed by atoms with van der Waals surface area (Å²) in [6.07, 6.45) is 0.00641. The van der Waals surface area contributed by atoms with Gasteiger partial charge in [0.25, 0.3) is 5.91 Å². The van der Waals surface area contributed by atoms with Crippen LogP contribution in [0, 0.1) is 13.8 Å². The molecule has 6 heteroatoms. The van der Waals surface area contributed by atoms with E-state index in [1.807, 2.05) is 18.7 Å². The lowest BCUT2D eigenvalue weighted by molar-refractivity contribution is -0.136. The Morgan fingerprint density at radius 1 is 1.42 bits per heavy atom. The standard InChI is InChI=1S/C13H19N3O3/c1-4-16(6-5-11(17)18)10-7-8(2)15-9(3)12(10)13(14)19/h7H,4-6H2,1-3H3,(H2,14,19)(H,17,18). The van der Waals surface area contributed by atoms with Crippen LogP contribution in [0.3, 0.4) is 0 Å². The number of nitrogens with zero attached hydrogens (tertiary/aromatic N) is 2. The van der Waals surface area contributed by atoms with Gasteiger partial charge in [0.05, 0.1) is 23.4 Å². The van der Waals surface area contributed by atoms with Gasteiger partial charge in [-0.25, -0.2) is 0 Å². The quantitative estimate of drug-likeness (QED) is 0.802. The lowest BCUT2D eigenvalue weighted by atomic mass is 10.1. The average Bonchev–Trinajstić information content (AvgIpc) is 2.27. The molecule has 19 heavy (non-hydrogen) atoms. The number of nitrogens with two attached hydrogens (primary N) is 1. The topological polar surface area (TPSA) is 96.5 Å². The second-order valence-corrected chi connectivity index (χ2v) is 4.33. The molecule has 1 aromatic rings. The fraction of sp³-hybridized carbons (Fsp3) is 0.462. The molecule has 0 saturated heterocycles. The molecule has 1 amide bonds. The van der Waals surface area contributed by atoms with Crippen molar-refractivity contribution in [3.63, 3.8) is 0 Å². The minimum absolute atomic E-state index is 0.00641. The second kappa shape index (κ2) is 6.17. The zero-order chi connectivity index (χ0) is 14.6. The van der Waals surface area contributed by atoms with E-state index >= 15 is 0 Å². The van der Waals surface area contributed by atoms with Crippen LogP contribution in [0.25, 0.3) is 0 Å². The first-order valence-electron chi connectivity index (χ1n) is 6.11. The molecule has 0 unspecified atom stereocenters. The fourth-order valence-corrected chi connectivity index (χ4v) is 2.04. The SMILES string of the molecule is CCN(CCC(=O)O)c1cc(C)nc(C)c1C(N)=O. The van der Waals surface area contributed by atoms with Gasteiger partial charge in [-0.3, -0.25) is 14.6 Å². The molecule has 1 heterocycles. The van der Waals surface area contributed by atoms with Crippen molar-refractivity contribution in [1.82, 2.24) is 4.98 Å². The molecule has 0 fully saturated rings. The van der Waals surface area contributed by atoms with Crippen molar-refractivity contribution in [1.29, 1.82) is 0 Å². The maximum Gasteiger partial charge on any atom is 0.305 e. The van der Waals surface area contributed by atoms with E-state index in [2.05, 4.69) is 4.98 Å². The van der Waals surface area contributed by atoms with Crippen molar-refractivity contribution >= 4 is 17.6 Å². The summed E-state index contributed by atoms with van der Waals surface area (Å²) < 4.78 is 0. The van der Waals surface area contributed by atoms with Crippen molar-refractivity contribution in [2.45, 2.75) is 27.2 Å². The van der Waals surface area contributed by atoms with E-state index in [-0.39, 0.29) is 6.42 Å². The first-order valence-corrected chi connectivity index (χ1v) is 6.11. The number of carboxylic acid groups (broad SMARTS) is 1. The third-order valence-corrected chi connectivity index (χ3v) is 2.87. The number of primary amides is 1. The summed E-state index contributed by atoms with van der Waals surface area (Å²) in [5.41, 5.74) is 7.74. The highest BCUT2D eigenvalue weighted by Crippen LogP contribution is 2.23. The van der Waals surface area contributed by atoms with E-state index in [0.717, 1.165) is 5.69 Å². The summed E-state index contributed by atoms with van der Waals surface area (Å²) in [5.74, 6) is -1.42. The first-order chi connectivity index (χ1) is 8.86. The zero-order valence-corrected chi connectivity index (χ0v) is 11.4. The Morgan fingerprint density at radius 3 is 2.53 bits per heavy atom. The van der Waals surface area contributed by atoms with Gasteiger partial charge in [0.1, 0.15) is 0 Å². The zero-order valence-electron chi connectivity index (χ0n) is 11.4. The van der Waals surface area contributed by atoms with Crippen LogP contribution in [0.2, 0.25) is 0 Å². The number of hydrogen-bond acceptors (Lipinski definition) is 4. The monoisotopic (exact) mass is 265 g/mol. The van der Waals surface area contributed by atoms with Gasteiger partial charge in [-0.05, 0) is 26.8 Å². The Bertz CT molecular complexity index is 500. The summed E-state index contributed by atoms with van der Waals surface area (Å²) in [7, 11) is 0. The van der Waals surface area contributed by atoms with Gasteiger partial charge in [-0.1, -0.05) is 0 Å². The molecule has 0 spiro atoms. The van der Waals surface area contributed by atoms with Gasteiger partial charge in [0, 0.05) is 18.8 Å². The molecule has 1 rings (SSSR count). The van der Waals surface area contributed by atoms with Crippen molar-refractivity contribution in [2.75, 3.05) is 18.0 Å². The highest BCUT2D eigenvalue weighted by atomic mass is 16.4. The van der Waals surface area contributed by atoms with Crippen LogP contribution in [0.5, 0.6) is 0 Å². The van der Waals surface area contributed by atoms with Gasteiger partial charge in [0.15, 0.2) is 0 Å². The Hall–Kier alpha value is -2.11. The second-order valence-electron chi connectivity index (χ2n) is 4.33. The normalized spacial score (nSPS) is 10.3. The molecule has 6 nitrogen and oxygen atoms in total. The van der Waals surface area contributed by atoms with Crippen LogP contribution in [0.15, 0.2) is 6.07 Å². The van der Waals surface area contributed by atoms with E-state index in [4.69, 9.17) is 10.8 Å². The number of aliphatic carboxylic acids is 1. The van der Waals surface area contributed by atoms with Gasteiger partial charge in [0.2, 0.25) is 0 Å². The van der Waals surface area contributed by atoms with E-state index in [1.54, 1.807) is 13.0 Å². The van der Waals surface area contributed by atoms with E-state index in [0.29, 0.717) is 30.0 Å². The number of aromatic nitrogens is 1. The van der Waals surface area contributed by atoms with E-state index in [9.17, 15) is 9.59 Å². The largest absolute Gasteiger partial charge is 0.481 e. The van der Waals surface area contributed by atoms with Crippen LogP contribution < -0.4 is 10.6 Å². The number of amides is 1. The lowest BCUT2D eigenvalue weighted by Crippen LogP contribution is -2.29. The highest BCUT2D eigenvalue weighted by molar-refractivity contribution is 5.99. The summed E-state index contributed by atoms with van der Waals surface area (Å²) in [5, 5.41) is 8.76. The molecule has 104 valence electrons. The van der Waals surface area contributed by atoms with Crippen LogP contribution in [-0.4, -0.2) is 35.1 Å². The molecule has 0 radical (unpaired) electrons.